The molecule has 2 aromatic carbocycles. The summed E-state index contributed by atoms with van der Waals surface area (Å²) in [5.41, 5.74) is 3.70. The van der Waals surface area contributed by atoms with Crippen LogP contribution in [0.2, 0.25) is 0 Å². The lowest BCUT2D eigenvalue weighted by Crippen LogP contribution is -2.45. The number of carbonyl (C=O) groups is 1. The Morgan fingerprint density at radius 1 is 1.12 bits per heavy atom. The minimum absolute atomic E-state index is 0.347. The second-order valence-corrected chi connectivity index (χ2v) is 7.16. The highest BCUT2D eigenvalue weighted by molar-refractivity contribution is 5.79. The highest BCUT2D eigenvalue weighted by Crippen LogP contribution is 2.35. The van der Waals surface area contributed by atoms with E-state index >= 15 is 0 Å². The molecule has 1 amide bonds. The number of nitrogens with zero attached hydrogens (tertiary/aromatic N) is 1. The molecule has 4 heteroatoms. The quantitative estimate of drug-likeness (QED) is 0.866. The van der Waals surface area contributed by atoms with Crippen LogP contribution in [0.5, 0.6) is 5.75 Å². The third kappa shape index (κ3) is 3.68. The van der Waals surface area contributed by atoms with Crippen LogP contribution in [-0.4, -0.2) is 34.8 Å². The number of carboxylic acid groups (broad SMARTS) is 1. The second-order valence-electron chi connectivity index (χ2n) is 7.16. The van der Waals surface area contributed by atoms with E-state index in [9.17, 15) is 9.90 Å². The fraction of sp³-hybridized carbons (Fsp3) is 0.286. The summed E-state index contributed by atoms with van der Waals surface area (Å²) in [6, 6.07) is 16.2. The molecule has 0 unspecified atom stereocenters. The molecular weight excluding hydrogens is 314 g/mol. The topological polar surface area (TPSA) is 49.8 Å². The summed E-state index contributed by atoms with van der Waals surface area (Å²) in [6.07, 6.45) is 1.05. The van der Waals surface area contributed by atoms with Crippen LogP contribution in [0.15, 0.2) is 54.6 Å². The summed E-state index contributed by atoms with van der Waals surface area (Å²) < 4.78 is 5.80. The summed E-state index contributed by atoms with van der Waals surface area (Å²) >= 11 is 0. The molecule has 0 bridgehead atoms. The Morgan fingerprint density at radius 2 is 1.84 bits per heavy atom. The number of benzene rings is 2. The van der Waals surface area contributed by atoms with Crippen LogP contribution in [0, 0.1) is 0 Å². The Hall–Kier alpha value is -2.75. The van der Waals surface area contributed by atoms with Crippen LogP contribution in [0.3, 0.4) is 0 Å². The fourth-order valence-electron chi connectivity index (χ4n) is 2.97. The number of amides is 1. The molecule has 1 aliphatic rings. The maximum atomic E-state index is 11.6. The molecule has 0 radical (unpaired) electrons. The maximum absolute atomic E-state index is 11.6. The Balaban J connectivity index is 1.91. The molecule has 0 saturated carbocycles. The van der Waals surface area contributed by atoms with E-state index < -0.39 is 11.6 Å². The van der Waals surface area contributed by atoms with Gasteiger partial charge in [0.15, 0.2) is 0 Å². The zero-order valence-corrected chi connectivity index (χ0v) is 14.8. The molecule has 4 nitrogen and oxygen atoms in total. The molecule has 0 atom stereocenters. The minimum Gasteiger partial charge on any atom is -0.489 e. The van der Waals surface area contributed by atoms with Gasteiger partial charge in [-0.25, -0.2) is 4.79 Å². The van der Waals surface area contributed by atoms with Gasteiger partial charge in [0.1, 0.15) is 12.4 Å². The van der Waals surface area contributed by atoms with Crippen molar-refractivity contribution in [1.29, 1.82) is 0 Å². The average molecular weight is 337 g/mol. The van der Waals surface area contributed by atoms with Gasteiger partial charge in [0, 0.05) is 11.1 Å². The molecule has 0 spiro atoms. The predicted octanol–water partition coefficient (Wildman–Crippen LogP) is 4.91. The molecule has 1 N–H and O–H groups in total. The lowest BCUT2D eigenvalue weighted by Gasteiger charge is -2.34. The van der Waals surface area contributed by atoms with Crippen molar-refractivity contribution >= 4 is 11.7 Å². The largest absolute Gasteiger partial charge is 0.489 e. The maximum Gasteiger partial charge on any atom is 0.408 e. The van der Waals surface area contributed by atoms with E-state index in [1.807, 2.05) is 57.2 Å². The van der Waals surface area contributed by atoms with E-state index in [0.717, 1.165) is 28.0 Å². The lowest BCUT2D eigenvalue weighted by molar-refractivity contribution is 0.109. The highest BCUT2D eigenvalue weighted by atomic mass is 16.5. The van der Waals surface area contributed by atoms with Gasteiger partial charge in [-0.2, -0.15) is 0 Å². The van der Waals surface area contributed by atoms with Crippen molar-refractivity contribution in [2.75, 3.05) is 13.2 Å². The Labute approximate surface area is 148 Å². The minimum atomic E-state index is -0.914. The molecule has 0 fully saturated rings. The zero-order valence-electron chi connectivity index (χ0n) is 14.8. The molecule has 0 aliphatic carbocycles. The van der Waals surface area contributed by atoms with Crippen LogP contribution >= 0.6 is 0 Å². The molecular formula is C21H23NO3. The Bertz CT molecular complexity index is 804. The smallest absolute Gasteiger partial charge is 0.408 e. The lowest BCUT2D eigenvalue weighted by atomic mass is 9.96. The van der Waals surface area contributed by atoms with Crippen molar-refractivity contribution in [1.82, 2.24) is 4.90 Å². The van der Waals surface area contributed by atoms with Crippen LogP contribution < -0.4 is 4.74 Å². The molecule has 1 heterocycles. The first-order chi connectivity index (χ1) is 11.9. The number of ether oxygens (including phenoxy) is 1. The predicted molar refractivity (Wildman–Crippen MR) is 99.8 cm³/mol. The summed E-state index contributed by atoms with van der Waals surface area (Å²) in [7, 11) is 0. The van der Waals surface area contributed by atoms with E-state index in [4.69, 9.17) is 4.74 Å². The molecule has 3 rings (SSSR count). The van der Waals surface area contributed by atoms with Gasteiger partial charge in [0.2, 0.25) is 0 Å². The molecule has 2 aromatic rings. The monoisotopic (exact) mass is 337 g/mol. The fourth-order valence-corrected chi connectivity index (χ4v) is 2.97. The SMILES string of the molecule is CC(C)(C)N(CC1=CCOc2cc(-c3ccccc3)ccc21)C(=O)O. The van der Waals surface area contributed by atoms with Crippen molar-refractivity contribution in [2.24, 2.45) is 0 Å². The van der Waals surface area contributed by atoms with E-state index in [1.165, 1.54) is 4.90 Å². The van der Waals surface area contributed by atoms with E-state index in [1.54, 1.807) is 0 Å². The van der Waals surface area contributed by atoms with Crippen molar-refractivity contribution < 1.29 is 14.6 Å². The van der Waals surface area contributed by atoms with Crippen molar-refractivity contribution in [2.45, 2.75) is 26.3 Å². The van der Waals surface area contributed by atoms with Crippen molar-refractivity contribution in [3.63, 3.8) is 0 Å². The first-order valence-corrected chi connectivity index (χ1v) is 8.38. The van der Waals surface area contributed by atoms with Crippen molar-refractivity contribution in [3.8, 4) is 16.9 Å². The standard InChI is InChI=1S/C21H23NO3/c1-21(2,3)22(20(23)24)14-17-11-12-25-19-13-16(9-10-18(17)19)15-7-5-4-6-8-15/h4-11,13H,12,14H2,1-3H3,(H,23,24). The molecule has 0 aromatic heterocycles. The highest BCUT2D eigenvalue weighted by Gasteiger charge is 2.28. The van der Waals surface area contributed by atoms with E-state index in [-0.39, 0.29) is 0 Å². The van der Waals surface area contributed by atoms with E-state index in [2.05, 4.69) is 18.2 Å². The van der Waals surface area contributed by atoms with Crippen LogP contribution in [0.4, 0.5) is 4.79 Å². The normalized spacial score (nSPS) is 13.5. The van der Waals surface area contributed by atoms with Gasteiger partial charge in [0.25, 0.3) is 0 Å². The Morgan fingerprint density at radius 3 is 2.48 bits per heavy atom. The van der Waals surface area contributed by atoms with Crippen molar-refractivity contribution in [3.05, 3.63) is 60.2 Å². The van der Waals surface area contributed by atoms with Gasteiger partial charge in [-0.3, -0.25) is 4.90 Å². The third-order valence-electron chi connectivity index (χ3n) is 4.37. The number of hydrogen-bond acceptors (Lipinski definition) is 2. The van der Waals surface area contributed by atoms with Gasteiger partial charge in [-0.1, -0.05) is 42.5 Å². The second kappa shape index (κ2) is 6.63. The van der Waals surface area contributed by atoms with Crippen LogP contribution in [0.25, 0.3) is 16.7 Å². The number of hydrogen-bond donors (Lipinski definition) is 1. The van der Waals surface area contributed by atoms with Crippen LogP contribution in [0.1, 0.15) is 26.3 Å². The summed E-state index contributed by atoms with van der Waals surface area (Å²) in [4.78, 5) is 13.1. The average Bonchev–Trinajstić information content (AvgIpc) is 2.58. The first kappa shape index (κ1) is 17.1. The van der Waals surface area contributed by atoms with E-state index in [0.29, 0.717) is 13.2 Å². The van der Waals surface area contributed by atoms with Gasteiger partial charge in [-0.05, 0) is 49.6 Å². The van der Waals surface area contributed by atoms with Gasteiger partial charge < -0.3 is 9.84 Å². The summed E-state index contributed by atoms with van der Waals surface area (Å²) in [5, 5.41) is 9.55. The first-order valence-electron chi connectivity index (χ1n) is 8.38. The summed E-state index contributed by atoms with van der Waals surface area (Å²) in [6.45, 7) is 6.51. The summed E-state index contributed by atoms with van der Waals surface area (Å²) in [5.74, 6) is 0.804. The van der Waals surface area contributed by atoms with Gasteiger partial charge in [0.05, 0.1) is 6.54 Å². The Kier molecular flexibility index (Phi) is 4.53. The number of rotatable bonds is 3. The molecule has 0 saturated heterocycles. The van der Waals surface area contributed by atoms with Crippen LogP contribution in [-0.2, 0) is 0 Å². The molecule has 1 aliphatic heterocycles. The molecule has 130 valence electrons. The third-order valence-corrected chi connectivity index (χ3v) is 4.37. The van der Waals surface area contributed by atoms with Gasteiger partial charge >= 0.3 is 6.09 Å². The van der Waals surface area contributed by atoms with Gasteiger partial charge in [-0.15, -0.1) is 0 Å². The zero-order chi connectivity index (χ0) is 18.0. The molecule has 25 heavy (non-hydrogen) atoms. The number of fused-ring (bicyclic) bond motifs is 1.